The Hall–Kier alpha value is -1.01. The number of aromatic nitrogens is 1. The summed E-state index contributed by atoms with van der Waals surface area (Å²) >= 11 is 5.82. The summed E-state index contributed by atoms with van der Waals surface area (Å²) in [7, 11) is 0. The fourth-order valence-corrected chi connectivity index (χ4v) is 2.71. The Balaban J connectivity index is 1.74. The molecule has 2 heterocycles. The maximum absolute atomic E-state index is 12.4. The van der Waals surface area contributed by atoms with Crippen molar-refractivity contribution in [2.75, 3.05) is 18.4 Å². The number of fused-ring (bicyclic) bond motifs is 1. The molecule has 98 valence electrons. The molecule has 0 radical (unpaired) electrons. The molecule has 1 unspecified atom stereocenters. The smallest absolute Gasteiger partial charge is 0.365 e. The predicted molar refractivity (Wildman–Crippen MR) is 61.5 cm³/mol. The van der Waals surface area contributed by atoms with Crippen LogP contribution in [0, 0.1) is 11.8 Å². The molecule has 3 rings (SSSR count). The molecule has 2 N–H and O–H groups in total. The molecule has 1 aliphatic heterocycles. The minimum atomic E-state index is -4.41. The average Bonchev–Trinajstić information content (AvgIpc) is 2.73. The van der Waals surface area contributed by atoms with E-state index in [2.05, 4.69) is 15.6 Å². The number of halogens is 4. The summed E-state index contributed by atoms with van der Waals surface area (Å²) in [5, 5.41) is 6.37. The van der Waals surface area contributed by atoms with Crippen LogP contribution in [0.5, 0.6) is 0 Å². The number of hydrogen-bond donors (Lipinski definition) is 2. The van der Waals surface area contributed by atoms with Crippen LogP contribution in [-0.2, 0) is 6.18 Å². The Bertz CT molecular complexity index is 467. The molecule has 1 saturated heterocycles. The van der Waals surface area contributed by atoms with E-state index in [4.69, 9.17) is 11.6 Å². The van der Waals surface area contributed by atoms with Crippen molar-refractivity contribution >= 4 is 17.4 Å². The fraction of sp³-hybridized carbons (Fsp3) is 0.545. The van der Waals surface area contributed by atoms with Gasteiger partial charge in [-0.3, -0.25) is 0 Å². The lowest BCUT2D eigenvalue weighted by atomic mass is 10.2. The van der Waals surface area contributed by atoms with Crippen molar-refractivity contribution in [2.45, 2.75) is 12.2 Å². The molecule has 2 fully saturated rings. The quantitative estimate of drug-likeness (QED) is 0.871. The zero-order chi connectivity index (χ0) is 12.9. The van der Waals surface area contributed by atoms with Crippen molar-refractivity contribution in [3.05, 3.63) is 22.8 Å². The number of alkyl halides is 3. The van der Waals surface area contributed by atoms with Gasteiger partial charge in [0.2, 0.25) is 0 Å². The highest BCUT2D eigenvalue weighted by molar-refractivity contribution is 6.33. The van der Waals surface area contributed by atoms with Crippen molar-refractivity contribution in [1.29, 1.82) is 0 Å². The van der Waals surface area contributed by atoms with Crippen LogP contribution in [0.1, 0.15) is 5.56 Å². The molecule has 18 heavy (non-hydrogen) atoms. The van der Waals surface area contributed by atoms with Crippen molar-refractivity contribution in [2.24, 2.45) is 11.8 Å². The molecule has 1 aliphatic carbocycles. The lowest BCUT2D eigenvalue weighted by Gasteiger charge is -2.12. The van der Waals surface area contributed by atoms with Gasteiger partial charge in [-0.05, 0) is 17.9 Å². The Kier molecular flexibility index (Phi) is 2.67. The molecule has 1 saturated carbocycles. The van der Waals surface area contributed by atoms with E-state index in [1.165, 1.54) is 0 Å². The Morgan fingerprint density at radius 3 is 2.56 bits per heavy atom. The normalized spacial score (nSPS) is 30.1. The van der Waals surface area contributed by atoms with Crippen LogP contribution in [-0.4, -0.2) is 24.1 Å². The molecule has 7 heteroatoms. The highest BCUT2D eigenvalue weighted by atomic mass is 35.5. The summed E-state index contributed by atoms with van der Waals surface area (Å²) < 4.78 is 37.3. The van der Waals surface area contributed by atoms with Gasteiger partial charge >= 0.3 is 6.18 Å². The van der Waals surface area contributed by atoms with Crippen molar-refractivity contribution in [3.8, 4) is 0 Å². The monoisotopic (exact) mass is 277 g/mol. The number of hydrogen-bond acceptors (Lipinski definition) is 3. The third-order valence-corrected chi connectivity index (χ3v) is 3.85. The van der Waals surface area contributed by atoms with E-state index in [0.717, 1.165) is 25.4 Å². The van der Waals surface area contributed by atoms with E-state index in [1.54, 1.807) is 0 Å². The van der Waals surface area contributed by atoms with E-state index in [0.29, 0.717) is 17.7 Å². The summed E-state index contributed by atoms with van der Waals surface area (Å²) in [6.45, 7) is 1.89. The van der Waals surface area contributed by atoms with Gasteiger partial charge in [0.1, 0.15) is 5.82 Å². The van der Waals surface area contributed by atoms with Crippen LogP contribution < -0.4 is 10.6 Å². The molecule has 0 amide bonds. The first-order valence-corrected chi connectivity index (χ1v) is 6.04. The largest absolute Gasteiger partial charge is 0.417 e. The van der Waals surface area contributed by atoms with Gasteiger partial charge < -0.3 is 10.6 Å². The predicted octanol–water partition coefficient (Wildman–Crippen LogP) is 2.38. The minimum Gasteiger partial charge on any atom is -0.365 e. The van der Waals surface area contributed by atoms with Gasteiger partial charge in [-0.25, -0.2) is 4.98 Å². The van der Waals surface area contributed by atoms with E-state index < -0.39 is 11.7 Å². The SMILES string of the molecule is FC(F)(F)c1cnc(NC2[C@H]3CNC[C@@H]23)c(Cl)c1. The van der Waals surface area contributed by atoms with Crippen LogP contribution in [0.2, 0.25) is 5.02 Å². The third kappa shape index (κ3) is 2.03. The summed E-state index contributed by atoms with van der Waals surface area (Å²) in [6.07, 6.45) is -3.60. The Labute approximate surface area is 107 Å². The summed E-state index contributed by atoms with van der Waals surface area (Å²) in [6, 6.07) is 1.20. The molecular formula is C11H11ClF3N3. The van der Waals surface area contributed by atoms with E-state index in [-0.39, 0.29) is 11.1 Å². The topological polar surface area (TPSA) is 37.0 Å². The summed E-state index contributed by atoms with van der Waals surface area (Å²) in [5.41, 5.74) is -0.823. The van der Waals surface area contributed by atoms with Crippen molar-refractivity contribution in [3.63, 3.8) is 0 Å². The lowest BCUT2D eigenvalue weighted by Crippen LogP contribution is -2.22. The second-order valence-corrected chi connectivity index (χ2v) is 5.12. The summed E-state index contributed by atoms with van der Waals surface area (Å²) in [5.74, 6) is 1.43. The molecule has 1 aromatic rings. The number of anilines is 1. The van der Waals surface area contributed by atoms with E-state index in [9.17, 15) is 13.2 Å². The molecule has 2 aliphatic rings. The van der Waals surface area contributed by atoms with Gasteiger partial charge in [-0.1, -0.05) is 11.6 Å². The van der Waals surface area contributed by atoms with Crippen LogP contribution in [0.25, 0.3) is 0 Å². The van der Waals surface area contributed by atoms with Crippen LogP contribution in [0.3, 0.4) is 0 Å². The van der Waals surface area contributed by atoms with Gasteiger partial charge in [-0.15, -0.1) is 0 Å². The first kappa shape index (κ1) is 12.0. The van der Waals surface area contributed by atoms with Gasteiger partial charge in [0.05, 0.1) is 10.6 Å². The number of rotatable bonds is 2. The van der Waals surface area contributed by atoms with Crippen molar-refractivity contribution < 1.29 is 13.2 Å². The van der Waals surface area contributed by atoms with Crippen LogP contribution in [0.15, 0.2) is 12.3 Å². The van der Waals surface area contributed by atoms with Crippen molar-refractivity contribution in [1.82, 2.24) is 10.3 Å². The maximum Gasteiger partial charge on any atom is 0.417 e. The maximum atomic E-state index is 12.4. The molecule has 1 aromatic heterocycles. The third-order valence-electron chi connectivity index (χ3n) is 3.56. The summed E-state index contributed by atoms with van der Waals surface area (Å²) in [4.78, 5) is 3.77. The highest BCUT2D eigenvalue weighted by Gasteiger charge is 2.53. The average molecular weight is 278 g/mol. The lowest BCUT2D eigenvalue weighted by molar-refractivity contribution is -0.137. The van der Waals surface area contributed by atoms with Gasteiger partial charge in [-0.2, -0.15) is 13.2 Å². The van der Waals surface area contributed by atoms with Gasteiger partial charge in [0.15, 0.2) is 0 Å². The fourth-order valence-electron chi connectivity index (χ4n) is 2.49. The first-order chi connectivity index (χ1) is 8.47. The highest BCUT2D eigenvalue weighted by Crippen LogP contribution is 2.44. The Morgan fingerprint density at radius 1 is 1.33 bits per heavy atom. The molecule has 0 spiro atoms. The zero-order valence-electron chi connectivity index (χ0n) is 9.26. The van der Waals surface area contributed by atoms with E-state index in [1.807, 2.05) is 0 Å². The standard InChI is InChI=1S/C11H11ClF3N3/c12-8-1-5(11(13,14)15)2-17-10(8)18-9-6-3-16-4-7(6)9/h1-2,6-7,9,16H,3-4H2,(H,17,18)/t6-,7+,9?. The molecule has 0 aromatic carbocycles. The molecule has 3 atom stereocenters. The number of pyridine rings is 1. The number of piperidine rings is 1. The zero-order valence-corrected chi connectivity index (χ0v) is 10.0. The Morgan fingerprint density at radius 2 is 2.00 bits per heavy atom. The van der Waals surface area contributed by atoms with E-state index >= 15 is 0 Å². The molecule has 3 nitrogen and oxygen atoms in total. The van der Waals surface area contributed by atoms with Crippen LogP contribution in [0.4, 0.5) is 19.0 Å². The van der Waals surface area contributed by atoms with Crippen LogP contribution >= 0.6 is 11.6 Å². The van der Waals surface area contributed by atoms with Gasteiger partial charge in [0, 0.05) is 25.3 Å². The molecular weight excluding hydrogens is 267 g/mol. The number of nitrogens with zero attached hydrogens (tertiary/aromatic N) is 1. The minimum absolute atomic E-state index is 0.0164. The first-order valence-electron chi connectivity index (χ1n) is 5.67. The van der Waals surface area contributed by atoms with Gasteiger partial charge in [0.25, 0.3) is 0 Å². The molecule has 0 bridgehead atoms. The second kappa shape index (κ2) is 3.99. The number of nitrogens with one attached hydrogen (secondary N) is 2. The second-order valence-electron chi connectivity index (χ2n) is 4.71.